The molecule has 2 aliphatic heterocycles. The number of hydrogen-bond acceptors (Lipinski definition) is 4. The van der Waals surface area contributed by atoms with Crippen LogP contribution in [0.1, 0.15) is 37.3 Å². The van der Waals surface area contributed by atoms with Gasteiger partial charge in [-0.05, 0) is 66.8 Å². The smallest absolute Gasteiger partial charge is 0.243 e. The summed E-state index contributed by atoms with van der Waals surface area (Å²) in [5.74, 6) is -0.127. The number of rotatable bonds is 6. The van der Waals surface area contributed by atoms with Gasteiger partial charge in [-0.15, -0.1) is 0 Å². The number of carbonyl (C=O) groups excluding carboxylic acids is 1. The number of amides is 1. The molecule has 1 unspecified atom stereocenters. The van der Waals surface area contributed by atoms with Gasteiger partial charge in [0, 0.05) is 24.8 Å². The van der Waals surface area contributed by atoms with Gasteiger partial charge in [-0.25, -0.2) is 8.42 Å². The van der Waals surface area contributed by atoms with Crippen molar-refractivity contribution < 1.29 is 13.2 Å². The van der Waals surface area contributed by atoms with Gasteiger partial charge in [0.15, 0.2) is 0 Å². The summed E-state index contributed by atoms with van der Waals surface area (Å²) in [6.45, 7) is 2.26. The topological polar surface area (TPSA) is 69.7 Å². The van der Waals surface area contributed by atoms with Crippen molar-refractivity contribution in [3.05, 3.63) is 72.3 Å². The van der Waals surface area contributed by atoms with Crippen LogP contribution in [0.4, 0.5) is 5.69 Å². The Morgan fingerprint density at radius 2 is 1.67 bits per heavy atom. The Balaban J connectivity index is 1.30. The van der Waals surface area contributed by atoms with Crippen LogP contribution in [-0.4, -0.2) is 49.7 Å². The Hall–Kier alpha value is -2.74. The Kier molecular flexibility index (Phi) is 6.19. The van der Waals surface area contributed by atoms with Crippen molar-refractivity contribution in [2.45, 2.75) is 36.6 Å². The number of nitrogens with zero attached hydrogens (tertiary/aromatic N) is 2. The lowest BCUT2D eigenvalue weighted by Crippen LogP contribution is -2.33. The van der Waals surface area contributed by atoms with Gasteiger partial charge in [0.1, 0.15) is 0 Å². The number of hydrogen-bond donors (Lipinski definition) is 1. The molecule has 5 rings (SSSR count). The van der Waals surface area contributed by atoms with E-state index in [2.05, 4.69) is 46.6 Å². The molecule has 172 valence electrons. The zero-order valence-electron chi connectivity index (χ0n) is 18.6. The number of anilines is 1. The van der Waals surface area contributed by atoms with E-state index < -0.39 is 10.0 Å². The molecule has 0 aliphatic carbocycles. The molecular weight excluding hydrogens is 434 g/mol. The summed E-state index contributed by atoms with van der Waals surface area (Å²) < 4.78 is 27.2. The van der Waals surface area contributed by atoms with E-state index in [1.807, 2.05) is 6.07 Å². The van der Waals surface area contributed by atoms with Crippen molar-refractivity contribution in [2.24, 2.45) is 0 Å². The van der Waals surface area contributed by atoms with Crippen molar-refractivity contribution in [1.29, 1.82) is 0 Å². The highest BCUT2D eigenvalue weighted by Crippen LogP contribution is 2.35. The predicted octanol–water partition coefficient (Wildman–Crippen LogP) is 4.40. The molecule has 2 saturated heterocycles. The first-order chi connectivity index (χ1) is 16.0. The van der Waals surface area contributed by atoms with Crippen molar-refractivity contribution >= 4 is 32.4 Å². The third-order valence-corrected chi connectivity index (χ3v) is 8.61. The molecule has 3 aromatic rings. The van der Waals surface area contributed by atoms with Gasteiger partial charge in [-0.1, -0.05) is 48.5 Å². The molecule has 33 heavy (non-hydrogen) atoms. The molecule has 2 aliphatic rings. The van der Waals surface area contributed by atoms with E-state index >= 15 is 0 Å². The monoisotopic (exact) mass is 463 g/mol. The number of nitrogens with one attached hydrogen (secondary N) is 1. The SMILES string of the molecule is O=C(CN1CCCC1c1cccc2ccccc12)Nc1cccc(S(=O)(=O)N2CCCC2)c1. The molecule has 3 aromatic carbocycles. The van der Waals surface area contributed by atoms with Crippen LogP contribution in [0, 0.1) is 0 Å². The summed E-state index contributed by atoms with van der Waals surface area (Å²) in [6, 6.07) is 21.5. The van der Waals surface area contributed by atoms with Crippen molar-refractivity contribution in [2.75, 3.05) is 31.5 Å². The normalized spacial score (nSPS) is 19.8. The molecule has 1 amide bonds. The zero-order chi connectivity index (χ0) is 22.8. The number of likely N-dealkylation sites (tertiary alicyclic amines) is 1. The highest BCUT2D eigenvalue weighted by molar-refractivity contribution is 7.89. The average molecular weight is 464 g/mol. The summed E-state index contributed by atoms with van der Waals surface area (Å²) in [6.07, 6.45) is 3.85. The summed E-state index contributed by atoms with van der Waals surface area (Å²) in [5, 5.41) is 5.36. The van der Waals surface area contributed by atoms with E-state index in [0.717, 1.165) is 32.2 Å². The second kappa shape index (κ2) is 9.25. The van der Waals surface area contributed by atoms with Crippen LogP contribution >= 0.6 is 0 Å². The maximum Gasteiger partial charge on any atom is 0.243 e. The van der Waals surface area contributed by atoms with Gasteiger partial charge in [0.25, 0.3) is 0 Å². The summed E-state index contributed by atoms with van der Waals surface area (Å²) in [5.41, 5.74) is 1.78. The average Bonchev–Trinajstić information content (AvgIpc) is 3.52. The van der Waals surface area contributed by atoms with E-state index in [-0.39, 0.29) is 23.4 Å². The van der Waals surface area contributed by atoms with Gasteiger partial charge >= 0.3 is 0 Å². The molecule has 7 heteroatoms. The summed E-state index contributed by atoms with van der Waals surface area (Å²) in [4.78, 5) is 15.4. The van der Waals surface area contributed by atoms with Gasteiger partial charge in [0.2, 0.25) is 15.9 Å². The Bertz CT molecular complexity index is 1260. The van der Waals surface area contributed by atoms with Crippen LogP contribution in [0.15, 0.2) is 71.6 Å². The lowest BCUT2D eigenvalue weighted by Gasteiger charge is -2.25. The number of carbonyl (C=O) groups is 1. The van der Waals surface area contributed by atoms with Crippen molar-refractivity contribution in [3.63, 3.8) is 0 Å². The molecular formula is C26H29N3O3S. The summed E-state index contributed by atoms with van der Waals surface area (Å²) >= 11 is 0. The fraction of sp³-hybridized carbons (Fsp3) is 0.346. The number of benzene rings is 3. The van der Waals surface area contributed by atoms with Crippen molar-refractivity contribution in [1.82, 2.24) is 9.21 Å². The maximum absolute atomic E-state index is 12.9. The quantitative estimate of drug-likeness (QED) is 0.588. The Labute approximate surface area is 195 Å². The fourth-order valence-electron chi connectivity index (χ4n) is 5.11. The van der Waals surface area contributed by atoms with E-state index in [4.69, 9.17) is 0 Å². The molecule has 6 nitrogen and oxygen atoms in total. The molecule has 2 fully saturated rings. The minimum atomic E-state index is -3.51. The number of sulfonamides is 1. The van der Waals surface area contributed by atoms with E-state index in [1.54, 1.807) is 24.3 Å². The van der Waals surface area contributed by atoms with Crippen LogP contribution in [-0.2, 0) is 14.8 Å². The first-order valence-electron chi connectivity index (χ1n) is 11.6. The van der Waals surface area contributed by atoms with E-state index in [9.17, 15) is 13.2 Å². The van der Waals surface area contributed by atoms with Gasteiger partial charge in [-0.2, -0.15) is 4.31 Å². The molecule has 0 bridgehead atoms. The van der Waals surface area contributed by atoms with Crippen LogP contribution in [0.2, 0.25) is 0 Å². The lowest BCUT2D eigenvalue weighted by molar-refractivity contribution is -0.117. The zero-order valence-corrected chi connectivity index (χ0v) is 19.4. The fourth-order valence-corrected chi connectivity index (χ4v) is 6.67. The molecule has 0 aromatic heterocycles. The van der Waals surface area contributed by atoms with Crippen LogP contribution in [0.5, 0.6) is 0 Å². The minimum absolute atomic E-state index is 0.127. The minimum Gasteiger partial charge on any atom is -0.325 e. The largest absolute Gasteiger partial charge is 0.325 e. The van der Waals surface area contributed by atoms with Gasteiger partial charge in [0.05, 0.1) is 11.4 Å². The molecule has 1 N–H and O–H groups in total. The molecule has 1 atom stereocenters. The first kappa shape index (κ1) is 22.1. The van der Waals surface area contributed by atoms with Crippen LogP contribution in [0.3, 0.4) is 0 Å². The third-order valence-electron chi connectivity index (χ3n) is 6.71. The van der Waals surface area contributed by atoms with E-state index in [1.165, 1.54) is 20.6 Å². The maximum atomic E-state index is 12.9. The van der Waals surface area contributed by atoms with Crippen molar-refractivity contribution in [3.8, 4) is 0 Å². The van der Waals surface area contributed by atoms with Crippen LogP contribution in [0.25, 0.3) is 10.8 Å². The molecule has 0 spiro atoms. The van der Waals surface area contributed by atoms with E-state index in [0.29, 0.717) is 18.8 Å². The second-order valence-corrected chi connectivity index (χ2v) is 10.8. The van der Waals surface area contributed by atoms with Gasteiger partial charge < -0.3 is 5.32 Å². The summed E-state index contributed by atoms with van der Waals surface area (Å²) in [7, 11) is -3.51. The molecule has 0 saturated carbocycles. The molecule has 0 radical (unpaired) electrons. The van der Waals surface area contributed by atoms with Gasteiger partial charge in [-0.3, -0.25) is 9.69 Å². The highest BCUT2D eigenvalue weighted by atomic mass is 32.2. The first-order valence-corrected chi connectivity index (χ1v) is 13.1. The highest BCUT2D eigenvalue weighted by Gasteiger charge is 2.29. The predicted molar refractivity (Wildman–Crippen MR) is 131 cm³/mol. The molecule has 2 heterocycles. The number of fused-ring (bicyclic) bond motifs is 1. The van der Waals surface area contributed by atoms with Crippen LogP contribution < -0.4 is 5.32 Å². The Morgan fingerprint density at radius 3 is 2.52 bits per heavy atom. The standard InChI is InChI=1S/C26H29N3O3S/c30-26(27-21-10-6-11-22(18-21)33(31,32)29-16-3-4-17-29)19-28-15-7-14-25(28)24-13-5-9-20-8-1-2-12-23(20)24/h1-2,5-6,8-13,18,25H,3-4,7,14-17,19H2,(H,27,30). The lowest BCUT2D eigenvalue weighted by atomic mass is 9.97. The second-order valence-electron chi connectivity index (χ2n) is 8.88. The third kappa shape index (κ3) is 4.53. The Morgan fingerprint density at radius 1 is 0.909 bits per heavy atom.